The highest BCUT2D eigenvalue weighted by molar-refractivity contribution is 5.81. The third-order valence-corrected chi connectivity index (χ3v) is 3.88. The number of benzene rings is 1. The number of ether oxygens (including phenoxy) is 1. The van der Waals surface area contributed by atoms with Crippen LogP contribution < -0.4 is 4.74 Å². The molecule has 0 spiro atoms. The van der Waals surface area contributed by atoms with Crippen LogP contribution in [0.1, 0.15) is 31.4 Å². The largest absolute Gasteiger partial charge is 0.475 e. The molecule has 4 nitrogen and oxygen atoms in total. The van der Waals surface area contributed by atoms with Crippen molar-refractivity contribution in [3.63, 3.8) is 0 Å². The smallest absolute Gasteiger partial charge is 0.240 e. The summed E-state index contributed by atoms with van der Waals surface area (Å²) in [6.07, 6.45) is 5.46. The van der Waals surface area contributed by atoms with Gasteiger partial charge in [0, 0.05) is 17.8 Å². The van der Waals surface area contributed by atoms with E-state index in [1.165, 1.54) is 6.07 Å². The predicted octanol–water partition coefficient (Wildman–Crippen LogP) is 4.13. The van der Waals surface area contributed by atoms with E-state index in [9.17, 15) is 9.18 Å². The summed E-state index contributed by atoms with van der Waals surface area (Å²) in [6.45, 7) is 3.82. The minimum atomic E-state index is -0.250. The first-order chi connectivity index (χ1) is 11.1. The molecular formula is C18H17FN2O2. The lowest BCUT2D eigenvalue weighted by Gasteiger charge is -2.13. The molecule has 0 N–H and O–H groups in total. The summed E-state index contributed by atoms with van der Waals surface area (Å²) in [5, 5.41) is 0. The Morgan fingerprint density at radius 3 is 2.83 bits per heavy atom. The van der Waals surface area contributed by atoms with Gasteiger partial charge >= 0.3 is 0 Å². The van der Waals surface area contributed by atoms with E-state index in [-0.39, 0.29) is 11.9 Å². The van der Waals surface area contributed by atoms with E-state index in [1.807, 2.05) is 13.8 Å². The lowest BCUT2D eigenvalue weighted by molar-refractivity contribution is 0.233. The summed E-state index contributed by atoms with van der Waals surface area (Å²) < 4.78 is 20.0. The average Bonchev–Trinajstić information content (AvgIpc) is 3.00. The van der Waals surface area contributed by atoms with Gasteiger partial charge in [-0.05, 0) is 61.9 Å². The van der Waals surface area contributed by atoms with Gasteiger partial charge in [-0.1, -0.05) is 0 Å². The molecule has 0 bridgehead atoms. The Morgan fingerprint density at radius 1 is 1.30 bits per heavy atom. The SMILES string of the molecule is CC(C)Oc1cc(-c2cc(F)c3c(c2N=C=O)CCC3)ccn1. The van der Waals surface area contributed by atoms with E-state index < -0.39 is 0 Å². The highest BCUT2D eigenvalue weighted by Gasteiger charge is 2.23. The number of halogens is 1. The van der Waals surface area contributed by atoms with Crippen LogP contribution in [0.3, 0.4) is 0 Å². The molecule has 0 fully saturated rings. The van der Waals surface area contributed by atoms with Crippen molar-refractivity contribution < 1.29 is 13.9 Å². The van der Waals surface area contributed by atoms with Crippen LogP contribution in [0.4, 0.5) is 10.1 Å². The van der Waals surface area contributed by atoms with E-state index in [0.717, 1.165) is 24.0 Å². The molecule has 118 valence electrons. The molecule has 0 amide bonds. The Labute approximate surface area is 134 Å². The zero-order valence-electron chi connectivity index (χ0n) is 13.1. The monoisotopic (exact) mass is 312 g/mol. The second-order valence-electron chi connectivity index (χ2n) is 5.82. The van der Waals surface area contributed by atoms with Crippen molar-refractivity contribution in [3.05, 3.63) is 41.3 Å². The minimum Gasteiger partial charge on any atom is -0.475 e. The molecule has 0 radical (unpaired) electrons. The van der Waals surface area contributed by atoms with Crippen molar-refractivity contribution in [2.24, 2.45) is 4.99 Å². The molecule has 23 heavy (non-hydrogen) atoms. The number of hydrogen-bond acceptors (Lipinski definition) is 4. The van der Waals surface area contributed by atoms with Crippen molar-refractivity contribution in [2.75, 3.05) is 0 Å². The van der Waals surface area contributed by atoms with Gasteiger partial charge in [0.25, 0.3) is 0 Å². The van der Waals surface area contributed by atoms with E-state index >= 15 is 0 Å². The molecule has 1 aliphatic rings. The Kier molecular flexibility index (Phi) is 4.22. The Bertz CT molecular complexity index is 796. The zero-order chi connectivity index (χ0) is 16.4. The summed E-state index contributed by atoms with van der Waals surface area (Å²) in [4.78, 5) is 18.8. The maximum Gasteiger partial charge on any atom is 0.240 e. The zero-order valence-corrected chi connectivity index (χ0v) is 13.1. The highest BCUT2D eigenvalue weighted by Crippen LogP contribution is 2.41. The number of aliphatic imine (C=N–C) groups is 1. The van der Waals surface area contributed by atoms with Gasteiger partial charge in [0.15, 0.2) is 0 Å². The van der Waals surface area contributed by atoms with Crippen LogP contribution in [0.5, 0.6) is 5.88 Å². The van der Waals surface area contributed by atoms with Crippen LogP contribution in [0.25, 0.3) is 11.1 Å². The van der Waals surface area contributed by atoms with Gasteiger partial charge < -0.3 is 4.74 Å². The molecular weight excluding hydrogens is 295 g/mol. The van der Waals surface area contributed by atoms with Gasteiger partial charge in [0.1, 0.15) is 5.82 Å². The fourth-order valence-electron chi connectivity index (χ4n) is 2.99. The fourth-order valence-corrected chi connectivity index (χ4v) is 2.99. The van der Waals surface area contributed by atoms with E-state index in [0.29, 0.717) is 29.1 Å². The molecule has 0 aliphatic heterocycles. The standard InChI is InChI=1S/C18H17FN2O2/c1-11(2)23-17-8-12(6-7-20-17)15-9-16(19)13-4-3-5-14(13)18(15)21-10-22/h6-9,11H,3-5H2,1-2H3. The number of pyridine rings is 1. The second kappa shape index (κ2) is 6.31. The Morgan fingerprint density at radius 2 is 2.09 bits per heavy atom. The average molecular weight is 312 g/mol. The number of aromatic nitrogens is 1. The third kappa shape index (κ3) is 3.01. The molecule has 0 atom stereocenters. The van der Waals surface area contributed by atoms with Gasteiger partial charge in [-0.3, -0.25) is 0 Å². The van der Waals surface area contributed by atoms with Gasteiger partial charge in [-0.2, -0.15) is 4.99 Å². The number of hydrogen-bond donors (Lipinski definition) is 0. The summed E-state index contributed by atoms with van der Waals surface area (Å²) in [5.41, 5.74) is 3.28. The first-order valence-corrected chi connectivity index (χ1v) is 7.65. The van der Waals surface area contributed by atoms with E-state index in [4.69, 9.17) is 4.74 Å². The van der Waals surface area contributed by atoms with Crippen molar-refractivity contribution in [2.45, 2.75) is 39.2 Å². The molecule has 0 saturated carbocycles. The minimum absolute atomic E-state index is 0.0121. The van der Waals surface area contributed by atoms with Crippen LogP contribution in [-0.2, 0) is 17.6 Å². The topological polar surface area (TPSA) is 51.5 Å². The molecule has 3 rings (SSSR count). The maximum atomic E-state index is 14.4. The van der Waals surface area contributed by atoms with E-state index in [1.54, 1.807) is 24.4 Å². The predicted molar refractivity (Wildman–Crippen MR) is 85.2 cm³/mol. The summed E-state index contributed by atoms with van der Waals surface area (Å²) in [7, 11) is 0. The molecule has 0 unspecified atom stereocenters. The number of rotatable bonds is 4. The van der Waals surface area contributed by atoms with Crippen LogP contribution in [0.2, 0.25) is 0 Å². The van der Waals surface area contributed by atoms with Gasteiger partial charge in [0.2, 0.25) is 12.0 Å². The maximum absolute atomic E-state index is 14.4. The van der Waals surface area contributed by atoms with Gasteiger partial charge in [-0.25, -0.2) is 14.2 Å². The van der Waals surface area contributed by atoms with Crippen molar-refractivity contribution in [3.8, 4) is 17.0 Å². The van der Waals surface area contributed by atoms with Crippen molar-refractivity contribution in [1.82, 2.24) is 4.98 Å². The third-order valence-electron chi connectivity index (χ3n) is 3.88. The quantitative estimate of drug-likeness (QED) is 0.630. The molecule has 1 aliphatic carbocycles. The van der Waals surface area contributed by atoms with Crippen molar-refractivity contribution >= 4 is 11.8 Å². The lowest BCUT2D eigenvalue weighted by atomic mass is 9.97. The van der Waals surface area contributed by atoms with Crippen LogP contribution in [0.15, 0.2) is 29.4 Å². The molecule has 0 saturated heterocycles. The summed E-state index contributed by atoms with van der Waals surface area (Å²) >= 11 is 0. The lowest BCUT2D eigenvalue weighted by Crippen LogP contribution is -2.06. The van der Waals surface area contributed by atoms with Gasteiger partial charge in [-0.15, -0.1) is 0 Å². The second-order valence-corrected chi connectivity index (χ2v) is 5.82. The summed E-state index contributed by atoms with van der Waals surface area (Å²) in [6, 6.07) is 4.93. The summed E-state index contributed by atoms with van der Waals surface area (Å²) in [5.74, 6) is 0.208. The molecule has 1 aromatic heterocycles. The normalized spacial score (nSPS) is 12.9. The first-order valence-electron chi connectivity index (χ1n) is 7.65. The Balaban J connectivity index is 2.16. The van der Waals surface area contributed by atoms with Crippen LogP contribution in [-0.4, -0.2) is 17.2 Å². The molecule has 5 heteroatoms. The highest BCUT2D eigenvalue weighted by atomic mass is 19.1. The fraction of sp³-hybridized carbons (Fsp3) is 0.333. The number of carbonyl (C=O) groups excluding carboxylic acids is 1. The van der Waals surface area contributed by atoms with Gasteiger partial charge in [0.05, 0.1) is 11.8 Å². The number of isocyanates is 1. The Hall–Kier alpha value is -2.52. The first kappa shape index (κ1) is 15.4. The number of nitrogens with zero attached hydrogens (tertiary/aromatic N) is 2. The molecule has 1 heterocycles. The van der Waals surface area contributed by atoms with E-state index in [2.05, 4.69) is 9.98 Å². The number of fused-ring (bicyclic) bond motifs is 1. The molecule has 2 aromatic rings. The van der Waals surface area contributed by atoms with Crippen molar-refractivity contribution in [1.29, 1.82) is 0 Å². The van der Waals surface area contributed by atoms with Crippen LogP contribution in [0, 0.1) is 5.82 Å². The molecule has 1 aromatic carbocycles. The van der Waals surface area contributed by atoms with Crippen LogP contribution >= 0.6 is 0 Å².